The van der Waals surface area contributed by atoms with Gasteiger partial charge in [-0.05, 0) is 13.8 Å². The van der Waals surface area contributed by atoms with E-state index < -0.39 is 5.92 Å². The summed E-state index contributed by atoms with van der Waals surface area (Å²) in [5.74, 6) is -1.14. The molecule has 0 aromatic rings. The smallest absolute Gasteiger partial charge is 0.221 e. The van der Waals surface area contributed by atoms with Gasteiger partial charge in [0.2, 0.25) is 5.91 Å². The molecule has 1 rings (SSSR count). The fourth-order valence-corrected chi connectivity index (χ4v) is 1.43. The van der Waals surface area contributed by atoms with Gasteiger partial charge in [0.05, 0.1) is 5.92 Å². The fraction of sp³-hybridized carbons (Fsp3) is 0.500. The van der Waals surface area contributed by atoms with Crippen molar-refractivity contribution in [3.05, 3.63) is 11.3 Å². The van der Waals surface area contributed by atoms with Crippen molar-refractivity contribution in [1.29, 1.82) is 0 Å². The Morgan fingerprint density at radius 1 is 1.43 bits per heavy atom. The summed E-state index contributed by atoms with van der Waals surface area (Å²) in [6, 6.07) is 0. The van der Waals surface area contributed by atoms with Crippen molar-refractivity contribution in [2.24, 2.45) is 5.92 Å². The van der Waals surface area contributed by atoms with Crippen molar-refractivity contribution >= 4 is 17.5 Å². The predicted molar refractivity (Wildman–Crippen MR) is 50.3 cm³/mol. The van der Waals surface area contributed by atoms with Crippen molar-refractivity contribution in [3.63, 3.8) is 0 Å². The molecule has 4 nitrogen and oxygen atoms in total. The number of hydrogen-bond acceptors (Lipinski definition) is 3. The highest BCUT2D eigenvalue weighted by molar-refractivity contribution is 6.13. The highest BCUT2D eigenvalue weighted by Gasteiger charge is 2.30. The van der Waals surface area contributed by atoms with Crippen LogP contribution in [0.4, 0.5) is 0 Å². The van der Waals surface area contributed by atoms with E-state index in [-0.39, 0.29) is 23.9 Å². The number of rotatable bonds is 1. The first kappa shape index (κ1) is 10.6. The van der Waals surface area contributed by atoms with Crippen LogP contribution >= 0.6 is 0 Å². The van der Waals surface area contributed by atoms with Crippen LogP contribution in [0.5, 0.6) is 0 Å². The molecule has 76 valence electrons. The van der Waals surface area contributed by atoms with Gasteiger partial charge in [-0.2, -0.15) is 0 Å². The van der Waals surface area contributed by atoms with Crippen molar-refractivity contribution in [3.8, 4) is 0 Å². The lowest BCUT2D eigenvalue weighted by Gasteiger charge is -2.20. The minimum atomic E-state index is -0.562. The monoisotopic (exact) mass is 195 g/mol. The summed E-state index contributed by atoms with van der Waals surface area (Å²) in [6.45, 7) is 4.59. The van der Waals surface area contributed by atoms with E-state index in [1.807, 2.05) is 0 Å². The molecule has 1 amide bonds. The molecular weight excluding hydrogens is 182 g/mol. The van der Waals surface area contributed by atoms with Gasteiger partial charge >= 0.3 is 0 Å². The highest BCUT2D eigenvalue weighted by Crippen LogP contribution is 2.21. The molecule has 0 spiro atoms. The summed E-state index contributed by atoms with van der Waals surface area (Å²) in [4.78, 5) is 33.6. The molecule has 1 aliphatic carbocycles. The first-order valence-corrected chi connectivity index (χ1v) is 4.47. The Morgan fingerprint density at radius 3 is 2.50 bits per heavy atom. The van der Waals surface area contributed by atoms with Crippen LogP contribution in [0.3, 0.4) is 0 Å². The standard InChI is InChI=1S/C10H13NO3/c1-5-8(11-7(3)12)4-9(13)6(2)10(5)14/h6H,4H2,1-3H3,(H,11,12). The van der Waals surface area contributed by atoms with Gasteiger partial charge in [-0.25, -0.2) is 0 Å². The first-order chi connectivity index (χ1) is 6.43. The number of nitrogens with one attached hydrogen (secondary N) is 1. The van der Waals surface area contributed by atoms with E-state index in [1.165, 1.54) is 6.92 Å². The Hall–Kier alpha value is -1.45. The largest absolute Gasteiger partial charge is 0.329 e. The number of allylic oxidation sites excluding steroid dienone is 2. The molecule has 0 fully saturated rings. The van der Waals surface area contributed by atoms with Crippen molar-refractivity contribution in [2.45, 2.75) is 27.2 Å². The lowest BCUT2D eigenvalue weighted by molar-refractivity contribution is -0.130. The minimum absolute atomic E-state index is 0.135. The van der Waals surface area contributed by atoms with E-state index in [1.54, 1.807) is 13.8 Å². The van der Waals surface area contributed by atoms with Gasteiger partial charge in [0.15, 0.2) is 5.78 Å². The van der Waals surface area contributed by atoms with E-state index in [0.29, 0.717) is 11.3 Å². The molecule has 0 aliphatic heterocycles. The SMILES string of the molecule is CC(=O)NC1=C(C)C(=O)C(C)C(=O)C1. The molecule has 1 aliphatic rings. The van der Waals surface area contributed by atoms with Crippen LogP contribution in [0.2, 0.25) is 0 Å². The molecule has 0 bridgehead atoms. The topological polar surface area (TPSA) is 63.2 Å². The van der Waals surface area contributed by atoms with E-state index >= 15 is 0 Å². The molecule has 0 radical (unpaired) electrons. The van der Waals surface area contributed by atoms with E-state index in [2.05, 4.69) is 5.32 Å². The first-order valence-electron chi connectivity index (χ1n) is 4.47. The average Bonchev–Trinajstić information content (AvgIpc) is 2.10. The number of carbonyl (C=O) groups excluding carboxylic acids is 3. The van der Waals surface area contributed by atoms with Crippen LogP contribution in [0, 0.1) is 5.92 Å². The van der Waals surface area contributed by atoms with Gasteiger partial charge in [0.25, 0.3) is 0 Å². The quantitative estimate of drug-likeness (QED) is 0.622. The van der Waals surface area contributed by atoms with Crippen LogP contribution in [0.25, 0.3) is 0 Å². The van der Waals surface area contributed by atoms with Crippen molar-refractivity contribution < 1.29 is 14.4 Å². The molecule has 0 aromatic heterocycles. The second-order valence-corrected chi connectivity index (χ2v) is 3.51. The zero-order valence-corrected chi connectivity index (χ0v) is 8.51. The third-order valence-electron chi connectivity index (χ3n) is 2.38. The maximum absolute atomic E-state index is 11.5. The van der Waals surface area contributed by atoms with E-state index in [0.717, 1.165) is 0 Å². The summed E-state index contributed by atoms with van der Waals surface area (Å²) in [7, 11) is 0. The third kappa shape index (κ3) is 1.89. The second-order valence-electron chi connectivity index (χ2n) is 3.51. The second kappa shape index (κ2) is 3.74. The number of carbonyl (C=O) groups is 3. The maximum atomic E-state index is 11.5. The summed E-state index contributed by atoms with van der Waals surface area (Å²) in [5, 5.41) is 2.51. The molecular formula is C10H13NO3. The molecule has 1 atom stereocenters. The third-order valence-corrected chi connectivity index (χ3v) is 2.38. The zero-order chi connectivity index (χ0) is 10.9. The summed E-state index contributed by atoms with van der Waals surface area (Å²) < 4.78 is 0. The van der Waals surface area contributed by atoms with Gasteiger partial charge < -0.3 is 5.32 Å². The molecule has 1 N–H and O–H groups in total. The highest BCUT2D eigenvalue weighted by atomic mass is 16.2. The van der Waals surface area contributed by atoms with Gasteiger partial charge in [-0.3, -0.25) is 14.4 Å². The van der Waals surface area contributed by atoms with Crippen LogP contribution in [-0.4, -0.2) is 17.5 Å². The molecule has 0 saturated carbocycles. The molecule has 0 aromatic carbocycles. The van der Waals surface area contributed by atoms with Crippen LogP contribution in [-0.2, 0) is 14.4 Å². The molecule has 4 heteroatoms. The Labute approximate surface area is 82.4 Å². The van der Waals surface area contributed by atoms with Crippen LogP contribution in [0.15, 0.2) is 11.3 Å². The lowest BCUT2D eigenvalue weighted by atomic mass is 9.86. The lowest BCUT2D eigenvalue weighted by Crippen LogP contribution is -2.34. The normalized spacial score (nSPS) is 22.6. The zero-order valence-electron chi connectivity index (χ0n) is 8.51. The predicted octanol–water partition coefficient (Wildman–Crippen LogP) is 0.575. The van der Waals surface area contributed by atoms with Crippen LogP contribution in [0.1, 0.15) is 27.2 Å². The number of amides is 1. The summed E-state index contributed by atoms with van der Waals surface area (Å²) in [6.07, 6.45) is 0.151. The average molecular weight is 195 g/mol. The number of hydrogen-bond donors (Lipinski definition) is 1. The molecule has 14 heavy (non-hydrogen) atoms. The van der Waals surface area contributed by atoms with E-state index in [4.69, 9.17) is 0 Å². The van der Waals surface area contributed by atoms with E-state index in [9.17, 15) is 14.4 Å². The maximum Gasteiger partial charge on any atom is 0.221 e. The van der Waals surface area contributed by atoms with Crippen molar-refractivity contribution in [2.75, 3.05) is 0 Å². The van der Waals surface area contributed by atoms with Gasteiger partial charge in [0, 0.05) is 24.6 Å². The van der Waals surface area contributed by atoms with Gasteiger partial charge in [-0.15, -0.1) is 0 Å². The summed E-state index contributed by atoms with van der Waals surface area (Å²) >= 11 is 0. The Balaban J connectivity index is 2.99. The Kier molecular flexibility index (Phi) is 2.84. The van der Waals surface area contributed by atoms with Crippen LogP contribution < -0.4 is 5.32 Å². The number of Topliss-reactive ketones (excluding diaryl/α,β-unsaturated/α-hetero) is 2. The fourth-order valence-electron chi connectivity index (χ4n) is 1.43. The van der Waals surface area contributed by atoms with Crippen molar-refractivity contribution in [1.82, 2.24) is 5.32 Å². The Bertz CT molecular complexity index is 341. The number of ketones is 2. The van der Waals surface area contributed by atoms with Gasteiger partial charge in [0.1, 0.15) is 5.78 Å². The molecule has 0 saturated heterocycles. The molecule has 0 heterocycles. The minimum Gasteiger partial charge on any atom is -0.329 e. The summed E-state index contributed by atoms with van der Waals surface area (Å²) in [5.41, 5.74) is 0.943. The van der Waals surface area contributed by atoms with Gasteiger partial charge in [-0.1, -0.05) is 0 Å². The molecule has 1 unspecified atom stereocenters. The Morgan fingerprint density at radius 2 is 2.00 bits per heavy atom.